The van der Waals surface area contributed by atoms with Gasteiger partial charge in [0.25, 0.3) is 0 Å². The van der Waals surface area contributed by atoms with E-state index >= 15 is 0 Å². The molecule has 66 valence electrons. The van der Waals surface area contributed by atoms with Crippen molar-refractivity contribution in [1.29, 1.82) is 0 Å². The van der Waals surface area contributed by atoms with E-state index in [-0.39, 0.29) is 0 Å². The summed E-state index contributed by atoms with van der Waals surface area (Å²) < 4.78 is 0. The molecule has 0 radical (unpaired) electrons. The number of rotatable bonds is 1. The number of benzene rings is 1. The molecule has 13 heavy (non-hydrogen) atoms. The summed E-state index contributed by atoms with van der Waals surface area (Å²) in [7, 11) is 0. The van der Waals surface area contributed by atoms with Crippen LogP contribution in [0, 0.1) is 0 Å². The topological polar surface area (TPSA) is 44.6 Å². The van der Waals surface area contributed by atoms with Crippen molar-refractivity contribution in [1.82, 2.24) is 0 Å². The number of nitrogens with zero attached hydrogens (tertiary/aromatic N) is 1. The largest absolute Gasteiger partial charge is 0.411 e. The van der Waals surface area contributed by atoms with E-state index in [1.54, 1.807) is 0 Å². The normalized spacial score (nSPS) is 14.9. The lowest BCUT2D eigenvalue weighted by Gasteiger charge is -2.15. The zero-order valence-electron chi connectivity index (χ0n) is 7.07. The van der Waals surface area contributed by atoms with Gasteiger partial charge < -0.3 is 10.5 Å². The molecule has 1 aromatic rings. The van der Waals surface area contributed by atoms with E-state index in [1.807, 2.05) is 30.3 Å². The highest BCUT2D eigenvalue weighted by Gasteiger charge is 2.06. The Morgan fingerprint density at radius 3 is 3.08 bits per heavy atom. The number of fused-ring (bicyclic) bond motifs is 1. The van der Waals surface area contributed by atoms with Gasteiger partial charge >= 0.3 is 0 Å². The number of hydrogen-bond acceptors (Lipinski definition) is 3. The highest BCUT2D eigenvalue weighted by molar-refractivity contribution is 5.90. The first-order valence-electron chi connectivity index (χ1n) is 4.11. The predicted molar refractivity (Wildman–Crippen MR) is 53.2 cm³/mol. The second kappa shape index (κ2) is 3.31. The molecule has 2 rings (SSSR count). The van der Waals surface area contributed by atoms with E-state index < -0.39 is 0 Å². The molecule has 1 aliphatic heterocycles. The fourth-order valence-electron chi connectivity index (χ4n) is 1.39. The average Bonchev–Trinajstić information content (AvgIpc) is 2.18. The number of anilines is 1. The van der Waals surface area contributed by atoms with Gasteiger partial charge in [0.2, 0.25) is 0 Å². The van der Waals surface area contributed by atoms with E-state index in [4.69, 9.17) is 5.21 Å². The Bertz CT molecular complexity index is 369. The average molecular weight is 174 g/mol. The lowest BCUT2D eigenvalue weighted by Crippen LogP contribution is -2.10. The van der Waals surface area contributed by atoms with Crippen molar-refractivity contribution in [3.63, 3.8) is 0 Å². The van der Waals surface area contributed by atoms with Gasteiger partial charge in [0, 0.05) is 12.2 Å². The quantitative estimate of drug-likeness (QED) is 0.388. The van der Waals surface area contributed by atoms with Gasteiger partial charge in [-0.05, 0) is 23.3 Å². The summed E-state index contributed by atoms with van der Waals surface area (Å²) in [6, 6.07) is 8.02. The molecule has 2 N–H and O–H groups in total. The molecular weight excluding hydrogens is 164 g/mol. The molecule has 0 aliphatic carbocycles. The van der Waals surface area contributed by atoms with Crippen LogP contribution in [0.5, 0.6) is 0 Å². The molecule has 0 fully saturated rings. The van der Waals surface area contributed by atoms with Crippen molar-refractivity contribution in [2.75, 3.05) is 11.9 Å². The van der Waals surface area contributed by atoms with Crippen LogP contribution in [-0.2, 0) is 0 Å². The van der Waals surface area contributed by atoms with Crippen LogP contribution in [0.3, 0.4) is 0 Å². The fraction of sp³-hybridized carbons (Fsp3) is 0.100. The Morgan fingerprint density at radius 2 is 2.23 bits per heavy atom. The minimum absolute atomic E-state index is 0.709. The van der Waals surface area contributed by atoms with Crippen LogP contribution in [0.15, 0.2) is 35.0 Å². The first kappa shape index (κ1) is 7.86. The van der Waals surface area contributed by atoms with Gasteiger partial charge in [0.15, 0.2) is 0 Å². The standard InChI is InChI=1S/C10H10N2O/c13-12-7-8-5-9-3-1-2-4-10(9)11-6-8/h1-5,7,11,13H,6H2. The molecule has 1 aromatic carbocycles. The van der Waals surface area contributed by atoms with Crippen molar-refractivity contribution in [3.05, 3.63) is 35.4 Å². The smallest absolute Gasteiger partial charge is 0.0711 e. The zero-order chi connectivity index (χ0) is 9.10. The number of hydrogen-bond donors (Lipinski definition) is 2. The van der Waals surface area contributed by atoms with Gasteiger partial charge in [-0.15, -0.1) is 0 Å². The van der Waals surface area contributed by atoms with Crippen LogP contribution in [0.2, 0.25) is 0 Å². The molecule has 0 amide bonds. The molecule has 1 aliphatic rings. The molecular formula is C10H10N2O. The first-order chi connectivity index (χ1) is 6.40. The van der Waals surface area contributed by atoms with E-state index in [0.29, 0.717) is 6.54 Å². The summed E-state index contributed by atoms with van der Waals surface area (Å²) in [5, 5.41) is 14.6. The second-order valence-electron chi connectivity index (χ2n) is 2.90. The molecule has 0 saturated heterocycles. The minimum Gasteiger partial charge on any atom is -0.411 e. The fourth-order valence-corrected chi connectivity index (χ4v) is 1.39. The molecule has 0 unspecified atom stereocenters. The van der Waals surface area contributed by atoms with Crippen molar-refractivity contribution in [3.8, 4) is 0 Å². The van der Waals surface area contributed by atoms with Crippen LogP contribution in [0.25, 0.3) is 6.08 Å². The Morgan fingerprint density at radius 1 is 1.38 bits per heavy atom. The Balaban J connectivity index is 2.38. The molecule has 3 nitrogen and oxygen atoms in total. The van der Waals surface area contributed by atoms with Gasteiger partial charge in [-0.25, -0.2) is 0 Å². The molecule has 0 saturated carbocycles. The maximum Gasteiger partial charge on any atom is 0.0711 e. The summed E-state index contributed by atoms with van der Waals surface area (Å²) in [6.07, 6.45) is 3.45. The Kier molecular flexibility index (Phi) is 2.00. The molecule has 0 bridgehead atoms. The summed E-state index contributed by atoms with van der Waals surface area (Å²) in [6.45, 7) is 0.709. The summed E-state index contributed by atoms with van der Waals surface area (Å²) in [4.78, 5) is 0. The molecule has 0 aromatic heterocycles. The highest BCUT2D eigenvalue weighted by Crippen LogP contribution is 2.21. The van der Waals surface area contributed by atoms with E-state index in [0.717, 1.165) is 16.8 Å². The van der Waals surface area contributed by atoms with Crippen molar-refractivity contribution >= 4 is 18.0 Å². The first-order valence-corrected chi connectivity index (χ1v) is 4.11. The van der Waals surface area contributed by atoms with Gasteiger partial charge in [0.05, 0.1) is 6.21 Å². The van der Waals surface area contributed by atoms with Crippen molar-refractivity contribution in [2.45, 2.75) is 0 Å². The zero-order valence-corrected chi connectivity index (χ0v) is 7.07. The van der Waals surface area contributed by atoms with E-state index in [1.165, 1.54) is 6.21 Å². The highest BCUT2D eigenvalue weighted by atomic mass is 16.4. The van der Waals surface area contributed by atoms with Crippen LogP contribution in [0.1, 0.15) is 5.56 Å². The van der Waals surface area contributed by atoms with Crippen molar-refractivity contribution < 1.29 is 5.21 Å². The number of oxime groups is 1. The van der Waals surface area contributed by atoms with Crippen LogP contribution >= 0.6 is 0 Å². The van der Waals surface area contributed by atoms with Gasteiger partial charge in [-0.2, -0.15) is 0 Å². The van der Waals surface area contributed by atoms with Gasteiger partial charge in [-0.1, -0.05) is 23.4 Å². The third-order valence-electron chi connectivity index (χ3n) is 2.01. The second-order valence-corrected chi connectivity index (χ2v) is 2.90. The number of para-hydroxylation sites is 1. The minimum atomic E-state index is 0.709. The summed E-state index contributed by atoms with van der Waals surface area (Å²) in [5.41, 5.74) is 3.22. The van der Waals surface area contributed by atoms with E-state index in [2.05, 4.69) is 10.5 Å². The SMILES string of the molecule is ON=CC1=Cc2ccccc2NC1. The molecule has 0 atom stereocenters. The lowest BCUT2D eigenvalue weighted by molar-refractivity contribution is 0.321. The summed E-state index contributed by atoms with van der Waals surface area (Å²) >= 11 is 0. The van der Waals surface area contributed by atoms with Crippen LogP contribution in [0.4, 0.5) is 5.69 Å². The molecule has 0 spiro atoms. The molecule has 3 heteroatoms. The summed E-state index contributed by atoms with van der Waals surface area (Å²) in [5.74, 6) is 0. The van der Waals surface area contributed by atoms with Gasteiger partial charge in [0.1, 0.15) is 0 Å². The van der Waals surface area contributed by atoms with Crippen molar-refractivity contribution in [2.24, 2.45) is 5.16 Å². The van der Waals surface area contributed by atoms with Crippen LogP contribution in [-0.4, -0.2) is 18.0 Å². The third-order valence-corrected chi connectivity index (χ3v) is 2.01. The number of nitrogens with one attached hydrogen (secondary N) is 1. The maximum atomic E-state index is 8.37. The Labute approximate surface area is 76.4 Å². The van der Waals surface area contributed by atoms with E-state index in [9.17, 15) is 0 Å². The lowest BCUT2D eigenvalue weighted by atomic mass is 10.1. The maximum absolute atomic E-state index is 8.37. The van der Waals surface area contributed by atoms with Crippen LogP contribution < -0.4 is 5.32 Å². The third kappa shape index (κ3) is 1.54. The monoisotopic (exact) mass is 174 g/mol. The Hall–Kier alpha value is -1.77. The predicted octanol–water partition coefficient (Wildman–Crippen LogP) is 1.96. The van der Waals surface area contributed by atoms with Gasteiger partial charge in [-0.3, -0.25) is 0 Å². The molecule has 1 heterocycles.